The predicted octanol–water partition coefficient (Wildman–Crippen LogP) is 7.97. The number of fused-ring (bicyclic) bond motifs is 4. The van der Waals surface area contributed by atoms with Crippen molar-refractivity contribution in [2.75, 3.05) is 29.9 Å². The molecule has 3 atom stereocenters. The molecule has 5 aromatic rings. The molecule has 2 aliphatic carbocycles. The summed E-state index contributed by atoms with van der Waals surface area (Å²) in [7, 11) is -8.78. The number of anilines is 1. The number of hydrogen-bond acceptors (Lipinski definition) is 10. The summed E-state index contributed by atoms with van der Waals surface area (Å²) in [6, 6.07) is 3.38. The molecule has 4 heterocycles. The molecule has 75 heavy (non-hydrogen) atoms. The molecule has 0 bridgehead atoms. The van der Waals surface area contributed by atoms with Crippen LogP contribution in [0.1, 0.15) is 79.0 Å². The van der Waals surface area contributed by atoms with E-state index in [1.165, 1.54) is 13.8 Å². The van der Waals surface area contributed by atoms with Gasteiger partial charge in [-0.3, -0.25) is 19.0 Å². The van der Waals surface area contributed by atoms with E-state index in [1.807, 2.05) is 0 Å². The molecular weight excluding hydrogens is 1080 g/mol. The molecule has 1 aliphatic heterocycles. The number of carbonyl (C=O) groups excluding carboxylic acids is 2. The predicted molar refractivity (Wildman–Crippen MR) is 247 cm³/mol. The Morgan fingerprint density at radius 2 is 1.56 bits per heavy atom. The molecule has 1 unspecified atom stereocenters. The van der Waals surface area contributed by atoms with E-state index in [2.05, 4.69) is 32.3 Å². The van der Waals surface area contributed by atoms with Gasteiger partial charge in [0, 0.05) is 48.0 Å². The van der Waals surface area contributed by atoms with Gasteiger partial charge < -0.3 is 15.3 Å². The molecular formula is C46H41ClF10N8O8S2. The van der Waals surface area contributed by atoms with Crippen molar-refractivity contribution in [1.29, 1.82) is 0 Å². The molecule has 3 aliphatic rings. The van der Waals surface area contributed by atoms with Crippen molar-refractivity contribution in [2.24, 2.45) is 11.8 Å². The minimum atomic E-state index is -5.23. The maximum absolute atomic E-state index is 15.6. The van der Waals surface area contributed by atoms with Gasteiger partial charge in [0.1, 0.15) is 40.9 Å². The summed E-state index contributed by atoms with van der Waals surface area (Å²) >= 11 is 6.69. The zero-order chi connectivity index (χ0) is 55.3. The van der Waals surface area contributed by atoms with Crippen LogP contribution >= 0.6 is 11.6 Å². The van der Waals surface area contributed by atoms with Gasteiger partial charge in [-0.15, -0.1) is 0 Å². The van der Waals surface area contributed by atoms with Crippen LogP contribution in [0.4, 0.5) is 54.5 Å². The van der Waals surface area contributed by atoms with Crippen LogP contribution in [0.2, 0.25) is 5.02 Å². The summed E-state index contributed by atoms with van der Waals surface area (Å²) in [6.45, 7) is -1.45. The molecule has 3 amide bonds. The number of alkyl halides is 8. The molecule has 0 spiro atoms. The Kier molecular flexibility index (Phi) is 13.9. The number of halogens is 11. The number of nitrogens with one attached hydrogen (secondary N) is 1. The van der Waals surface area contributed by atoms with Gasteiger partial charge in [-0.2, -0.15) is 49.6 Å². The first-order valence-electron chi connectivity index (χ1n) is 22.4. The average molecular weight is 1120 g/mol. The van der Waals surface area contributed by atoms with Crippen LogP contribution in [-0.4, -0.2) is 106 Å². The fraction of sp³-hybridized carbons (Fsp3) is 0.435. The lowest BCUT2D eigenvalue weighted by atomic mass is 9.93. The summed E-state index contributed by atoms with van der Waals surface area (Å²) in [5.74, 6) is -8.17. The number of pyridine rings is 1. The second-order valence-corrected chi connectivity index (χ2v) is 23.7. The number of sulfone groups is 1. The number of carboxylic acid groups (broad SMARTS) is 1. The van der Waals surface area contributed by atoms with Gasteiger partial charge in [0.05, 0.1) is 39.8 Å². The lowest BCUT2D eigenvalue weighted by molar-refractivity contribution is -0.143. The van der Waals surface area contributed by atoms with E-state index in [4.69, 9.17) is 11.6 Å². The number of aromatic nitrogens is 5. The molecule has 2 aromatic carbocycles. The number of carboxylic acids is 1. The van der Waals surface area contributed by atoms with Gasteiger partial charge in [0.15, 0.2) is 21.3 Å². The number of urea groups is 1. The molecule has 2 N–H and O–H groups in total. The van der Waals surface area contributed by atoms with E-state index >= 15 is 8.78 Å². The number of rotatable bonds is 12. The average Bonchev–Trinajstić information content (AvgIpc) is 3.79. The summed E-state index contributed by atoms with van der Waals surface area (Å²) in [5, 5.41) is 18.2. The van der Waals surface area contributed by atoms with Crippen molar-refractivity contribution in [3.63, 3.8) is 0 Å². The number of carbonyl (C=O) groups is 3. The van der Waals surface area contributed by atoms with Crippen LogP contribution in [0.15, 0.2) is 42.5 Å². The molecule has 16 nitrogen and oxygen atoms in total. The molecule has 3 aromatic heterocycles. The highest BCUT2D eigenvalue weighted by Gasteiger charge is 2.68. The third-order valence-corrected chi connectivity index (χ3v) is 16.4. The fourth-order valence-corrected chi connectivity index (χ4v) is 10.6. The highest BCUT2D eigenvalue weighted by molar-refractivity contribution is 7.93. The molecule has 1 saturated carbocycles. The SMILES string of the molecule is CC(C)(C#Cc1ccc(-c2ccc(Cl)c3c(N(C(=O)N4CCC(C(=O)O)CC4)S(C)(=O)=O)nn(CC(F)(F)F)c23)c(C(Cc2cc(F)cc(F)c2)NC(=O)Cn2nc(C(F)(F)F)c3c2C(F)(F)[C@@H]2C[C@H]32)n1)S(C)(=O)=O. The lowest BCUT2D eigenvalue weighted by Gasteiger charge is -2.33. The van der Waals surface area contributed by atoms with Crippen molar-refractivity contribution in [2.45, 2.75) is 87.6 Å². The Balaban J connectivity index is 1.35. The summed E-state index contributed by atoms with van der Waals surface area (Å²) in [6.07, 6.45) is -10.2. The van der Waals surface area contributed by atoms with Crippen LogP contribution in [0.5, 0.6) is 0 Å². The largest absolute Gasteiger partial charge is 0.481 e. The zero-order valence-electron chi connectivity index (χ0n) is 39.4. The van der Waals surface area contributed by atoms with Crippen molar-refractivity contribution in [3.8, 4) is 23.0 Å². The number of hydrogen-bond donors (Lipinski definition) is 2. The molecule has 8 rings (SSSR count). The Morgan fingerprint density at radius 3 is 2.13 bits per heavy atom. The number of amides is 3. The number of piperidine rings is 1. The van der Waals surface area contributed by atoms with Crippen LogP contribution < -0.4 is 9.62 Å². The smallest absolute Gasteiger partial charge is 0.435 e. The van der Waals surface area contributed by atoms with E-state index in [0.29, 0.717) is 12.3 Å². The van der Waals surface area contributed by atoms with Crippen molar-refractivity contribution in [3.05, 3.63) is 93.0 Å². The number of likely N-dealkylation sites (tertiary alicyclic amines) is 1. The number of sulfonamides is 1. The number of nitrogens with zero attached hydrogens (tertiary/aromatic N) is 7. The van der Waals surface area contributed by atoms with E-state index in [0.717, 1.165) is 47.6 Å². The molecule has 1 saturated heterocycles. The fourth-order valence-electron chi connectivity index (χ4n) is 9.24. The summed E-state index contributed by atoms with van der Waals surface area (Å²) in [5.41, 5.74) is -5.98. The first-order valence-corrected chi connectivity index (χ1v) is 26.5. The number of aliphatic carboxylic acids is 1. The van der Waals surface area contributed by atoms with Crippen LogP contribution in [-0.2, 0) is 61.1 Å². The van der Waals surface area contributed by atoms with Gasteiger partial charge in [-0.25, -0.2) is 35.4 Å². The minimum absolute atomic E-state index is 0.0884. The summed E-state index contributed by atoms with van der Waals surface area (Å²) in [4.78, 5) is 45.5. The van der Waals surface area contributed by atoms with Crippen LogP contribution in [0.3, 0.4) is 0 Å². The maximum Gasteiger partial charge on any atom is 0.435 e. The van der Waals surface area contributed by atoms with Gasteiger partial charge in [0.25, 0.3) is 5.92 Å². The monoisotopic (exact) mass is 1120 g/mol. The van der Waals surface area contributed by atoms with Gasteiger partial charge in [-0.1, -0.05) is 23.6 Å². The van der Waals surface area contributed by atoms with Gasteiger partial charge in [-0.05, 0) is 87.3 Å². The standard InChI is InChI=1S/C46H41ClF10N8O8S2/c1-43(2,74(3,70)71)12-9-26-5-6-27(28-7-8-31(47)35-37(28)64(21-44(50,51)52)61-40(35)65(75(4,72)73)42(69)62-13-10-23(11-14-62)41(67)68)36(58-26)32(17-22-15-24(48)18-25(49)16-22)59-33(66)20-63-39-34(38(60-63)46(55,56)57)29-19-30(29)45(39,53)54/h5-8,15-16,18,23,29-30,32H,10-11,13-14,17,19-21H2,1-4H3,(H,59,66)(H,67,68)/t29-,30+,32?/m0/s1. The zero-order valence-corrected chi connectivity index (χ0v) is 41.8. The maximum atomic E-state index is 15.6. The quantitative estimate of drug-likeness (QED) is 0.0905. The number of benzene rings is 2. The summed E-state index contributed by atoms with van der Waals surface area (Å²) < 4.78 is 199. The van der Waals surface area contributed by atoms with Crippen molar-refractivity contribution >= 4 is 66.1 Å². The molecule has 29 heteroatoms. The van der Waals surface area contributed by atoms with E-state index in [1.54, 1.807) is 0 Å². The molecule has 0 radical (unpaired) electrons. The molecule has 402 valence electrons. The van der Waals surface area contributed by atoms with Crippen molar-refractivity contribution < 1.29 is 80.2 Å². The van der Waals surface area contributed by atoms with E-state index in [-0.39, 0.29) is 68.4 Å². The third kappa shape index (κ3) is 10.8. The van der Waals surface area contributed by atoms with Crippen LogP contribution in [0, 0.1) is 35.3 Å². The van der Waals surface area contributed by atoms with Gasteiger partial charge in [0.2, 0.25) is 15.9 Å². The Hall–Kier alpha value is -6.47. The van der Waals surface area contributed by atoms with Crippen LogP contribution in [0.25, 0.3) is 22.0 Å². The second-order valence-electron chi connectivity index (χ2n) is 18.9. The second kappa shape index (κ2) is 19.0. The van der Waals surface area contributed by atoms with E-state index < -0.39 is 160 Å². The first kappa shape index (κ1) is 54.8. The Labute approximate surface area is 425 Å². The Morgan fingerprint density at radius 1 is 0.933 bits per heavy atom. The minimum Gasteiger partial charge on any atom is -0.481 e. The highest BCUT2D eigenvalue weighted by atomic mass is 35.5. The lowest BCUT2D eigenvalue weighted by Crippen LogP contribution is -2.49. The van der Waals surface area contributed by atoms with E-state index in [9.17, 15) is 71.4 Å². The Bertz CT molecular complexity index is 3470. The highest BCUT2D eigenvalue weighted by Crippen LogP contribution is 2.68. The van der Waals surface area contributed by atoms with Crippen molar-refractivity contribution in [1.82, 2.24) is 34.8 Å². The first-order chi connectivity index (χ1) is 34.6. The van der Waals surface area contributed by atoms with Gasteiger partial charge >= 0.3 is 24.4 Å². The topological polar surface area (TPSA) is 207 Å². The molecule has 2 fully saturated rings. The third-order valence-electron chi connectivity index (χ3n) is 13.1. The normalized spacial score (nSPS) is 18.3.